The monoisotopic (exact) mass is 263 g/mol. The number of nitrogens with zero attached hydrogens (tertiary/aromatic N) is 1. The third kappa shape index (κ3) is 5.20. The summed E-state index contributed by atoms with van der Waals surface area (Å²) in [6.45, 7) is 5.95. The molecule has 1 aromatic carbocycles. The van der Waals surface area contributed by atoms with Gasteiger partial charge in [0.2, 0.25) is 0 Å². The smallest absolute Gasteiger partial charge is 0.191 e. The number of rotatable bonds is 6. The molecule has 4 heteroatoms. The Morgan fingerprint density at radius 1 is 1.32 bits per heavy atom. The van der Waals surface area contributed by atoms with Crippen molar-refractivity contribution < 1.29 is 4.74 Å². The van der Waals surface area contributed by atoms with Gasteiger partial charge in [0.25, 0.3) is 0 Å². The molecular formula is C15H25N3O. The Morgan fingerprint density at radius 2 is 2.11 bits per heavy atom. The lowest BCUT2D eigenvalue weighted by Gasteiger charge is -2.12. The number of aryl methyl sites for hydroxylation is 1. The summed E-state index contributed by atoms with van der Waals surface area (Å²) in [5.74, 6) is 1.77. The number of ether oxygens (including phenoxy) is 1. The van der Waals surface area contributed by atoms with Crippen molar-refractivity contribution in [1.82, 2.24) is 10.6 Å². The van der Waals surface area contributed by atoms with Crippen molar-refractivity contribution in [2.24, 2.45) is 4.99 Å². The molecule has 1 aromatic rings. The van der Waals surface area contributed by atoms with Crippen LogP contribution in [0.5, 0.6) is 5.75 Å². The van der Waals surface area contributed by atoms with Crippen LogP contribution >= 0.6 is 0 Å². The minimum atomic E-state index is 0.761. The number of unbranched alkanes of at least 4 members (excludes halogenated alkanes) is 1. The summed E-state index contributed by atoms with van der Waals surface area (Å²) < 4.78 is 5.26. The summed E-state index contributed by atoms with van der Waals surface area (Å²) in [6.07, 6.45) is 2.34. The van der Waals surface area contributed by atoms with Gasteiger partial charge in [-0.05, 0) is 30.5 Å². The summed E-state index contributed by atoms with van der Waals surface area (Å²) in [7, 11) is 3.49. The molecule has 0 bridgehead atoms. The van der Waals surface area contributed by atoms with Gasteiger partial charge in [0.1, 0.15) is 5.75 Å². The molecule has 1 rings (SSSR count). The Bertz CT molecular complexity index is 416. The lowest BCUT2D eigenvalue weighted by atomic mass is 10.1. The summed E-state index contributed by atoms with van der Waals surface area (Å²) in [4.78, 5) is 4.20. The summed E-state index contributed by atoms with van der Waals surface area (Å²) in [5, 5.41) is 6.60. The Balaban J connectivity index is 2.48. The van der Waals surface area contributed by atoms with Crippen molar-refractivity contribution in [2.45, 2.75) is 33.2 Å². The maximum atomic E-state index is 5.26. The molecule has 0 saturated carbocycles. The van der Waals surface area contributed by atoms with Crippen LogP contribution in [0.25, 0.3) is 0 Å². The predicted octanol–water partition coefficient (Wildman–Crippen LogP) is 2.47. The van der Waals surface area contributed by atoms with E-state index in [2.05, 4.69) is 41.6 Å². The molecule has 0 aliphatic heterocycles. The molecular weight excluding hydrogens is 238 g/mol. The van der Waals surface area contributed by atoms with Crippen LogP contribution < -0.4 is 15.4 Å². The molecule has 106 valence electrons. The van der Waals surface area contributed by atoms with E-state index in [4.69, 9.17) is 4.74 Å². The number of methoxy groups -OCH3 is 1. The van der Waals surface area contributed by atoms with Crippen LogP contribution in [-0.2, 0) is 6.54 Å². The molecule has 2 N–H and O–H groups in total. The Morgan fingerprint density at radius 3 is 2.68 bits per heavy atom. The first kappa shape index (κ1) is 15.3. The standard InChI is InChI=1S/C15H25N3O/c1-5-6-9-17-15(16-3)18-11-13-7-8-14(19-4)12(2)10-13/h7-8,10H,5-6,9,11H2,1-4H3,(H2,16,17,18). The van der Waals surface area contributed by atoms with E-state index >= 15 is 0 Å². The van der Waals surface area contributed by atoms with Gasteiger partial charge in [-0.1, -0.05) is 25.5 Å². The van der Waals surface area contributed by atoms with Crippen LogP contribution in [0.1, 0.15) is 30.9 Å². The molecule has 0 saturated heterocycles. The van der Waals surface area contributed by atoms with Crippen LogP contribution in [0.15, 0.2) is 23.2 Å². The molecule has 0 amide bonds. The summed E-state index contributed by atoms with van der Waals surface area (Å²) in [5.41, 5.74) is 2.37. The molecule has 0 aliphatic rings. The van der Waals surface area contributed by atoms with Gasteiger partial charge >= 0.3 is 0 Å². The van der Waals surface area contributed by atoms with E-state index in [0.717, 1.165) is 36.8 Å². The predicted molar refractivity (Wildman–Crippen MR) is 80.8 cm³/mol. The van der Waals surface area contributed by atoms with Crippen LogP contribution in [0.3, 0.4) is 0 Å². The molecule has 0 heterocycles. The van der Waals surface area contributed by atoms with Crippen molar-refractivity contribution in [1.29, 1.82) is 0 Å². The molecule has 0 fully saturated rings. The van der Waals surface area contributed by atoms with Crippen molar-refractivity contribution in [3.05, 3.63) is 29.3 Å². The molecule has 0 unspecified atom stereocenters. The number of hydrogen-bond acceptors (Lipinski definition) is 2. The zero-order valence-electron chi connectivity index (χ0n) is 12.4. The minimum absolute atomic E-state index is 0.761. The highest BCUT2D eigenvalue weighted by Gasteiger charge is 2.01. The van der Waals surface area contributed by atoms with E-state index in [1.54, 1.807) is 14.2 Å². The van der Waals surface area contributed by atoms with Crippen molar-refractivity contribution >= 4 is 5.96 Å². The molecule has 0 spiro atoms. The van der Waals surface area contributed by atoms with Gasteiger partial charge in [-0.2, -0.15) is 0 Å². The lowest BCUT2D eigenvalue weighted by Crippen LogP contribution is -2.37. The SMILES string of the molecule is CCCCNC(=NC)NCc1ccc(OC)c(C)c1. The summed E-state index contributed by atoms with van der Waals surface area (Å²) >= 11 is 0. The van der Waals surface area contributed by atoms with E-state index in [1.807, 2.05) is 6.07 Å². The first-order valence-corrected chi connectivity index (χ1v) is 6.79. The van der Waals surface area contributed by atoms with E-state index in [1.165, 1.54) is 12.0 Å². The Hall–Kier alpha value is -1.71. The fourth-order valence-corrected chi connectivity index (χ4v) is 1.84. The third-order valence-electron chi connectivity index (χ3n) is 2.97. The number of hydrogen-bond donors (Lipinski definition) is 2. The van der Waals surface area contributed by atoms with E-state index in [9.17, 15) is 0 Å². The normalized spacial score (nSPS) is 11.3. The van der Waals surface area contributed by atoms with Crippen LogP contribution in [0, 0.1) is 6.92 Å². The third-order valence-corrected chi connectivity index (χ3v) is 2.97. The maximum absolute atomic E-state index is 5.26. The number of benzene rings is 1. The topological polar surface area (TPSA) is 45.7 Å². The first-order valence-electron chi connectivity index (χ1n) is 6.79. The van der Waals surface area contributed by atoms with Gasteiger partial charge in [-0.3, -0.25) is 4.99 Å². The fourth-order valence-electron chi connectivity index (χ4n) is 1.84. The number of nitrogens with one attached hydrogen (secondary N) is 2. The number of aliphatic imine (C=N–C) groups is 1. The molecule has 0 radical (unpaired) electrons. The van der Waals surface area contributed by atoms with E-state index in [0.29, 0.717) is 0 Å². The second-order valence-corrected chi connectivity index (χ2v) is 4.51. The molecule has 0 atom stereocenters. The van der Waals surface area contributed by atoms with Crippen LogP contribution in [0.4, 0.5) is 0 Å². The second-order valence-electron chi connectivity index (χ2n) is 4.51. The quantitative estimate of drug-likeness (QED) is 0.471. The van der Waals surface area contributed by atoms with Gasteiger partial charge < -0.3 is 15.4 Å². The van der Waals surface area contributed by atoms with Crippen molar-refractivity contribution in [3.8, 4) is 5.75 Å². The Kier molecular flexibility index (Phi) is 6.79. The first-order chi connectivity index (χ1) is 9.21. The fraction of sp³-hybridized carbons (Fsp3) is 0.533. The van der Waals surface area contributed by atoms with Gasteiger partial charge in [0.15, 0.2) is 5.96 Å². The second kappa shape index (κ2) is 8.40. The highest BCUT2D eigenvalue weighted by atomic mass is 16.5. The van der Waals surface area contributed by atoms with Gasteiger partial charge in [-0.25, -0.2) is 0 Å². The maximum Gasteiger partial charge on any atom is 0.191 e. The molecule has 0 aromatic heterocycles. The van der Waals surface area contributed by atoms with Gasteiger partial charge in [0, 0.05) is 20.1 Å². The largest absolute Gasteiger partial charge is 0.496 e. The summed E-state index contributed by atoms with van der Waals surface area (Å²) in [6, 6.07) is 6.20. The van der Waals surface area contributed by atoms with Crippen molar-refractivity contribution in [3.63, 3.8) is 0 Å². The highest BCUT2D eigenvalue weighted by molar-refractivity contribution is 5.79. The van der Waals surface area contributed by atoms with E-state index in [-0.39, 0.29) is 0 Å². The minimum Gasteiger partial charge on any atom is -0.496 e. The average molecular weight is 263 g/mol. The highest BCUT2D eigenvalue weighted by Crippen LogP contribution is 2.18. The van der Waals surface area contributed by atoms with Crippen LogP contribution in [-0.4, -0.2) is 26.7 Å². The zero-order chi connectivity index (χ0) is 14.1. The zero-order valence-corrected chi connectivity index (χ0v) is 12.4. The molecule has 19 heavy (non-hydrogen) atoms. The molecule has 4 nitrogen and oxygen atoms in total. The van der Waals surface area contributed by atoms with Crippen molar-refractivity contribution in [2.75, 3.05) is 20.7 Å². The lowest BCUT2D eigenvalue weighted by molar-refractivity contribution is 0.411. The van der Waals surface area contributed by atoms with Gasteiger partial charge in [0.05, 0.1) is 7.11 Å². The molecule has 0 aliphatic carbocycles. The van der Waals surface area contributed by atoms with Gasteiger partial charge in [-0.15, -0.1) is 0 Å². The number of guanidine groups is 1. The average Bonchev–Trinajstić information content (AvgIpc) is 2.43. The van der Waals surface area contributed by atoms with Crippen LogP contribution in [0.2, 0.25) is 0 Å². The Labute approximate surface area is 116 Å². The van der Waals surface area contributed by atoms with E-state index < -0.39 is 0 Å².